The zero-order valence-corrected chi connectivity index (χ0v) is 9.56. The number of phenols is 1. The minimum Gasteiger partial charge on any atom is -0.508 e. The average Bonchev–Trinajstić information content (AvgIpc) is 2.28. The molecule has 0 spiro atoms. The largest absolute Gasteiger partial charge is 0.508 e. The number of rotatable bonds is 5. The van der Waals surface area contributed by atoms with Gasteiger partial charge in [0.25, 0.3) is 5.91 Å². The summed E-state index contributed by atoms with van der Waals surface area (Å²) in [5.41, 5.74) is 0.453. The van der Waals surface area contributed by atoms with Crippen LogP contribution in [-0.4, -0.2) is 30.8 Å². The molecule has 1 aromatic rings. The van der Waals surface area contributed by atoms with Crippen LogP contribution in [0.2, 0.25) is 0 Å². The summed E-state index contributed by atoms with van der Waals surface area (Å²) < 4.78 is 4.99. The maximum Gasteiger partial charge on any atom is 0.251 e. The minimum atomic E-state index is -0.195. The fourth-order valence-corrected chi connectivity index (χ4v) is 1.38. The second-order valence-corrected chi connectivity index (χ2v) is 3.58. The normalized spacial score (nSPS) is 12.1. The van der Waals surface area contributed by atoms with Gasteiger partial charge in [-0.05, 0) is 24.6 Å². The highest BCUT2D eigenvalue weighted by Gasteiger charge is 2.11. The topological polar surface area (TPSA) is 58.6 Å². The van der Waals surface area contributed by atoms with E-state index in [0.717, 1.165) is 6.42 Å². The molecule has 1 amide bonds. The van der Waals surface area contributed by atoms with Crippen molar-refractivity contribution in [2.24, 2.45) is 0 Å². The molecule has 4 nitrogen and oxygen atoms in total. The summed E-state index contributed by atoms with van der Waals surface area (Å²) in [5, 5.41) is 12.1. The summed E-state index contributed by atoms with van der Waals surface area (Å²) >= 11 is 0. The van der Waals surface area contributed by atoms with Crippen molar-refractivity contribution in [3.05, 3.63) is 29.8 Å². The van der Waals surface area contributed by atoms with Gasteiger partial charge in [-0.15, -0.1) is 0 Å². The molecule has 88 valence electrons. The van der Waals surface area contributed by atoms with Gasteiger partial charge in [0.15, 0.2) is 0 Å². The van der Waals surface area contributed by atoms with Crippen LogP contribution in [-0.2, 0) is 4.74 Å². The Morgan fingerprint density at radius 3 is 2.88 bits per heavy atom. The highest BCUT2D eigenvalue weighted by Crippen LogP contribution is 2.10. The molecule has 1 aromatic carbocycles. The van der Waals surface area contributed by atoms with Crippen LogP contribution in [0.4, 0.5) is 0 Å². The van der Waals surface area contributed by atoms with Crippen LogP contribution in [0.3, 0.4) is 0 Å². The van der Waals surface area contributed by atoms with Gasteiger partial charge in [0.05, 0.1) is 12.6 Å². The third kappa shape index (κ3) is 3.55. The van der Waals surface area contributed by atoms with Gasteiger partial charge in [0.2, 0.25) is 0 Å². The number of benzene rings is 1. The molecular weight excluding hydrogens is 206 g/mol. The lowest BCUT2D eigenvalue weighted by Gasteiger charge is -2.15. The molecule has 1 rings (SSSR count). The number of phenolic OH excluding ortho intramolecular Hbond substituents is 1. The molecular formula is C12H17NO3. The number of carbonyl (C=O) groups is 1. The maximum absolute atomic E-state index is 11.8. The summed E-state index contributed by atoms with van der Waals surface area (Å²) in [6.45, 7) is 2.47. The molecule has 16 heavy (non-hydrogen) atoms. The number of amides is 1. The summed E-state index contributed by atoms with van der Waals surface area (Å²) in [4.78, 5) is 11.8. The molecule has 0 saturated heterocycles. The Labute approximate surface area is 95.2 Å². The highest BCUT2D eigenvalue weighted by atomic mass is 16.5. The number of hydrogen-bond acceptors (Lipinski definition) is 3. The maximum atomic E-state index is 11.8. The van der Waals surface area contributed by atoms with Crippen molar-refractivity contribution in [2.45, 2.75) is 19.4 Å². The van der Waals surface area contributed by atoms with Crippen LogP contribution in [0.25, 0.3) is 0 Å². The molecule has 0 aromatic heterocycles. The van der Waals surface area contributed by atoms with E-state index in [-0.39, 0.29) is 17.7 Å². The summed E-state index contributed by atoms with van der Waals surface area (Å²) in [7, 11) is 1.60. The molecule has 0 aliphatic heterocycles. The van der Waals surface area contributed by atoms with Crippen LogP contribution >= 0.6 is 0 Å². The second kappa shape index (κ2) is 6.12. The van der Waals surface area contributed by atoms with Crippen LogP contribution in [0.5, 0.6) is 5.75 Å². The van der Waals surface area contributed by atoms with Gasteiger partial charge >= 0.3 is 0 Å². The van der Waals surface area contributed by atoms with Crippen molar-refractivity contribution in [2.75, 3.05) is 13.7 Å². The Balaban J connectivity index is 2.64. The number of ether oxygens (including phenoxy) is 1. The Bertz CT molecular complexity index is 352. The summed E-state index contributed by atoms with van der Waals surface area (Å²) in [6, 6.07) is 6.27. The predicted octanol–water partition coefficient (Wildman–Crippen LogP) is 1.55. The molecule has 0 radical (unpaired) electrons. The van der Waals surface area contributed by atoms with Crippen molar-refractivity contribution >= 4 is 5.91 Å². The zero-order valence-electron chi connectivity index (χ0n) is 9.56. The third-order valence-corrected chi connectivity index (χ3v) is 2.30. The molecule has 4 heteroatoms. The quantitative estimate of drug-likeness (QED) is 0.796. The Morgan fingerprint density at radius 1 is 1.56 bits per heavy atom. The second-order valence-electron chi connectivity index (χ2n) is 3.58. The van der Waals surface area contributed by atoms with E-state index >= 15 is 0 Å². The molecule has 1 atom stereocenters. The lowest BCUT2D eigenvalue weighted by atomic mass is 10.1. The van der Waals surface area contributed by atoms with E-state index in [1.165, 1.54) is 12.1 Å². The van der Waals surface area contributed by atoms with Crippen LogP contribution in [0.1, 0.15) is 23.7 Å². The summed E-state index contributed by atoms with van der Waals surface area (Å²) in [5.74, 6) is -0.104. The highest BCUT2D eigenvalue weighted by molar-refractivity contribution is 5.94. The van der Waals surface area contributed by atoms with Gasteiger partial charge in [-0.25, -0.2) is 0 Å². The molecule has 0 saturated carbocycles. The summed E-state index contributed by atoms with van der Waals surface area (Å²) in [6.07, 6.45) is 0.804. The van der Waals surface area contributed by atoms with Crippen molar-refractivity contribution in [1.82, 2.24) is 5.32 Å². The first-order valence-electron chi connectivity index (χ1n) is 5.26. The van der Waals surface area contributed by atoms with Gasteiger partial charge in [0.1, 0.15) is 5.75 Å². The molecule has 0 heterocycles. The van der Waals surface area contributed by atoms with Gasteiger partial charge in [-0.1, -0.05) is 13.0 Å². The number of carbonyl (C=O) groups excluding carboxylic acids is 1. The Kier molecular flexibility index (Phi) is 4.79. The first-order valence-corrected chi connectivity index (χ1v) is 5.26. The fourth-order valence-electron chi connectivity index (χ4n) is 1.38. The van der Waals surface area contributed by atoms with E-state index in [1.54, 1.807) is 19.2 Å². The van der Waals surface area contributed by atoms with Crippen molar-refractivity contribution in [1.29, 1.82) is 0 Å². The Hall–Kier alpha value is -1.55. The minimum absolute atomic E-state index is 0.000140. The van der Waals surface area contributed by atoms with Gasteiger partial charge < -0.3 is 15.2 Å². The first-order chi connectivity index (χ1) is 7.67. The predicted molar refractivity (Wildman–Crippen MR) is 61.5 cm³/mol. The Morgan fingerprint density at radius 2 is 2.31 bits per heavy atom. The number of methoxy groups -OCH3 is 1. The molecule has 0 fully saturated rings. The van der Waals surface area contributed by atoms with Gasteiger partial charge in [0, 0.05) is 12.7 Å². The van der Waals surface area contributed by atoms with Crippen molar-refractivity contribution in [3.63, 3.8) is 0 Å². The standard InChI is InChI=1S/C12H17NO3/c1-3-10(8-16-2)13-12(15)9-5-4-6-11(14)7-9/h4-7,10,14H,3,8H2,1-2H3,(H,13,15). The first kappa shape index (κ1) is 12.5. The zero-order chi connectivity index (χ0) is 12.0. The van der Waals surface area contributed by atoms with Crippen molar-refractivity contribution in [3.8, 4) is 5.75 Å². The number of nitrogens with one attached hydrogen (secondary N) is 1. The molecule has 0 bridgehead atoms. The fraction of sp³-hybridized carbons (Fsp3) is 0.417. The van der Waals surface area contributed by atoms with Crippen LogP contribution in [0, 0.1) is 0 Å². The van der Waals surface area contributed by atoms with E-state index in [2.05, 4.69) is 5.32 Å². The molecule has 0 aliphatic carbocycles. The van der Waals surface area contributed by atoms with E-state index in [1.807, 2.05) is 6.92 Å². The van der Waals surface area contributed by atoms with E-state index in [4.69, 9.17) is 4.74 Å². The smallest absolute Gasteiger partial charge is 0.251 e. The van der Waals surface area contributed by atoms with E-state index in [0.29, 0.717) is 12.2 Å². The monoisotopic (exact) mass is 223 g/mol. The average molecular weight is 223 g/mol. The molecule has 2 N–H and O–H groups in total. The SMILES string of the molecule is CCC(COC)NC(=O)c1cccc(O)c1. The van der Waals surface area contributed by atoms with Crippen LogP contribution in [0.15, 0.2) is 24.3 Å². The van der Waals surface area contributed by atoms with E-state index < -0.39 is 0 Å². The lowest BCUT2D eigenvalue weighted by molar-refractivity contribution is 0.0894. The van der Waals surface area contributed by atoms with Crippen LogP contribution < -0.4 is 5.32 Å². The third-order valence-electron chi connectivity index (χ3n) is 2.30. The number of hydrogen-bond donors (Lipinski definition) is 2. The molecule has 0 aliphatic rings. The lowest BCUT2D eigenvalue weighted by Crippen LogP contribution is -2.37. The molecule has 1 unspecified atom stereocenters. The van der Waals surface area contributed by atoms with Gasteiger partial charge in [-0.2, -0.15) is 0 Å². The van der Waals surface area contributed by atoms with Crippen molar-refractivity contribution < 1.29 is 14.6 Å². The number of aromatic hydroxyl groups is 1. The van der Waals surface area contributed by atoms with Gasteiger partial charge in [-0.3, -0.25) is 4.79 Å². The van der Waals surface area contributed by atoms with E-state index in [9.17, 15) is 9.90 Å².